The van der Waals surface area contributed by atoms with Crippen molar-refractivity contribution in [3.63, 3.8) is 0 Å². The fourth-order valence-corrected chi connectivity index (χ4v) is 4.11. The monoisotopic (exact) mass is 445 g/mol. The van der Waals surface area contributed by atoms with Gasteiger partial charge in [-0.2, -0.15) is 4.98 Å². The summed E-state index contributed by atoms with van der Waals surface area (Å²) in [6.45, 7) is -0.153. The number of piperidine rings is 1. The van der Waals surface area contributed by atoms with Crippen molar-refractivity contribution in [1.29, 1.82) is 0 Å². The first-order chi connectivity index (χ1) is 15.4. The molecule has 1 aliphatic rings. The van der Waals surface area contributed by atoms with Crippen LogP contribution in [0.1, 0.15) is 6.42 Å². The Morgan fingerprint density at radius 3 is 2.88 bits per heavy atom. The Balaban J connectivity index is 1.49. The number of nitrogens with two attached hydrogens (primary N) is 1. The number of nitrogens with zero attached hydrogens (tertiary/aromatic N) is 7. The maximum atomic E-state index is 14.4. The molecule has 3 N–H and O–H groups in total. The van der Waals surface area contributed by atoms with Crippen molar-refractivity contribution in [1.82, 2.24) is 34.0 Å². The van der Waals surface area contributed by atoms with Crippen molar-refractivity contribution in [2.75, 3.05) is 37.9 Å². The standard InChI is InChI=1S/C20H22F3N9/c1-30-7-5-15(20(22,23)10-30)27-19-28-17(24)16-12(4-8-32(16)29-19)13-2-3-14-18(26-13)31(9-6-21)11-25-14/h2-4,8,11,15H,5-7,9-10H2,1H3,(H3,24,27,28,29). The predicted octanol–water partition coefficient (Wildman–Crippen LogP) is 2.44. The van der Waals surface area contributed by atoms with Crippen LogP contribution in [0, 0.1) is 0 Å². The highest BCUT2D eigenvalue weighted by Crippen LogP contribution is 2.31. The fourth-order valence-electron chi connectivity index (χ4n) is 4.11. The zero-order chi connectivity index (χ0) is 22.5. The third-order valence-electron chi connectivity index (χ3n) is 5.70. The van der Waals surface area contributed by atoms with Gasteiger partial charge in [0.05, 0.1) is 31.2 Å². The third kappa shape index (κ3) is 3.49. The van der Waals surface area contributed by atoms with E-state index in [0.717, 1.165) is 0 Å². The van der Waals surface area contributed by atoms with Crippen molar-refractivity contribution >= 4 is 28.4 Å². The number of nitrogens with one attached hydrogen (secondary N) is 1. The van der Waals surface area contributed by atoms with Crippen molar-refractivity contribution in [2.45, 2.75) is 24.9 Å². The largest absolute Gasteiger partial charge is 0.382 e. The molecule has 0 saturated carbocycles. The van der Waals surface area contributed by atoms with Gasteiger partial charge in [0.2, 0.25) is 5.95 Å². The van der Waals surface area contributed by atoms with Crippen LogP contribution in [-0.4, -0.2) is 72.8 Å². The molecular weight excluding hydrogens is 423 g/mol. The molecule has 1 saturated heterocycles. The van der Waals surface area contributed by atoms with Gasteiger partial charge in [-0.1, -0.05) is 0 Å². The molecule has 12 heteroatoms. The van der Waals surface area contributed by atoms with Crippen LogP contribution in [0.5, 0.6) is 0 Å². The van der Waals surface area contributed by atoms with Gasteiger partial charge in [-0.05, 0) is 31.7 Å². The molecule has 32 heavy (non-hydrogen) atoms. The molecule has 9 nitrogen and oxygen atoms in total. The van der Waals surface area contributed by atoms with E-state index in [1.54, 1.807) is 47.2 Å². The molecule has 1 fully saturated rings. The minimum atomic E-state index is -2.91. The van der Waals surface area contributed by atoms with Gasteiger partial charge >= 0.3 is 0 Å². The Hall–Kier alpha value is -3.41. The van der Waals surface area contributed by atoms with Gasteiger partial charge in [-0.3, -0.25) is 0 Å². The third-order valence-corrected chi connectivity index (χ3v) is 5.70. The molecule has 0 aliphatic carbocycles. The number of aryl methyl sites for hydroxylation is 1. The van der Waals surface area contributed by atoms with Crippen LogP contribution < -0.4 is 11.1 Å². The number of aromatic nitrogens is 6. The molecule has 0 radical (unpaired) electrons. The first-order valence-electron chi connectivity index (χ1n) is 10.2. The average molecular weight is 445 g/mol. The maximum Gasteiger partial charge on any atom is 0.280 e. The molecule has 0 bridgehead atoms. The Kier molecular flexibility index (Phi) is 4.88. The number of imidazole rings is 1. The number of likely N-dealkylation sites (tertiary alicyclic amines) is 1. The number of fused-ring (bicyclic) bond motifs is 2. The van der Waals surface area contributed by atoms with E-state index in [1.807, 2.05) is 0 Å². The highest BCUT2D eigenvalue weighted by Gasteiger charge is 2.44. The zero-order valence-electron chi connectivity index (χ0n) is 17.3. The molecule has 1 unspecified atom stereocenters. The maximum absolute atomic E-state index is 14.4. The van der Waals surface area contributed by atoms with Crippen LogP contribution in [0.15, 0.2) is 30.7 Å². The molecule has 0 amide bonds. The van der Waals surface area contributed by atoms with Gasteiger partial charge in [0, 0.05) is 18.3 Å². The first kappa shape index (κ1) is 20.5. The van der Waals surface area contributed by atoms with E-state index in [9.17, 15) is 13.2 Å². The van der Waals surface area contributed by atoms with Crippen LogP contribution in [-0.2, 0) is 6.54 Å². The van der Waals surface area contributed by atoms with E-state index < -0.39 is 18.6 Å². The van der Waals surface area contributed by atoms with E-state index in [4.69, 9.17) is 5.73 Å². The SMILES string of the molecule is CN1CCC(Nc2nc(N)c3c(-c4ccc5ncn(CCF)c5n4)ccn3n2)C(F)(F)C1. The quantitative estimate of drug-likeness (QED) is 0.487. The van der Waals surface area contributed by atoms with Crippen molar-refractivity contribution < 1.29 is 13.2 Å². The number of pyridine rings is 1. The minimum absolute atomic E-state index is 0.0378. The second-order valence-electron chi connectivity index (χ2n) is 7.99. The molecular formula is C20H22F3N9. The number of halogens is 3. The fraction of sp³-hybridized carbons (Fsp3) is 0.400. The number of nitrogen functional groups attached to an aromatic ring is 1. The normalized spacial score (nSPS) is 19.1. The summed E-state index contributed by atoms with van der Waals surface area (Å²) in [6, 6.07) is 4.28. The topological polar surface area (TPSA) is 102 Å². The van der Waals surface area contributed by atoms with Gasteiger partial charge in [0.1, 0.15) is 17.7 Å². The van der Waals surface area contributed by atoms with E-state index in [-0.39, 0.29) is 31.3 Å². The van der Waals surface area contributed by atoms with Crippen LogP contribution >= 0.6 is 0 Å². The molecule has 5 heterocycles. The van der Waals surface area contributed by atoms with Gasteiger partial charge in [-0.25, -0.2) is 27.7 Å². The van der Waals surface area contributed by atoms with Crippen LogP contribution in [0.3, 0.4) is 0 Å². The smallest absolute Gasteiger partial charge is 0.280 e. The van der Waals surface area contributed by atoms with E-state index in [2.05, 4.69) is 25.4 Å². The summed E-state index contributed by atoms with van der Waals surface area (Å²) in [7, 11) is 1.67. The summed E-state index contributed by atoms with van der Waals surface area (Å²) < 4.78 is 44.8. The number of hydrogen-bond donors (Lipinski definition) is 2. The molecule has 4 aromatic heterocycles. The van der Waals surface area contributed by atoms with Crippen molar-refractivity contribution in [3.05, 3.63) is 30.7 Å². The van der Waals surface area contributed by atoms with Crippen LogP contribution in [0.25, 0.3) is 27.9 Å². The lowest BCUT2D eigenvalue weighted by Crippen LogP contribution is -2.53. The Bertz CT molecular complexity index is 1280. The number of rotatable bonds is 5. The lowest BCUT2D eigenvalue weighted by atomic mass is 10.0. The van der Waals surface area contributed by atoms with Crippen molar-refractivity contribution in [3.8, 4) is 11.3 Å². The Morgan fingerprint density at radius 1 is 1.25 bits per heavy atom. The van der Waals surface area contributed by atoms with Crippen LogP contribution in [0.4, 0.5) is 24.9 Å². The zero-order valence-corrected chi connectivity index (χ0v) is 17.3. The molecule has 0 spiro atoms. The number of alkyl halides is 3. The number of hydrogen-bond acceptors (Lipinski definition) is 7. The Labute approximate surface area is 181 Å². The lowest BCUT2D eigenvalue weighted by Gasteiger charge is -2.36. The summed E-state index contributed by atoms with van der Waals surface area (Å²) in [6.07, 6.45) is 3.48. The average Bonchev–Trinajstić information content (AvgIpc) is 3.34. The second-order valence-corrected chi connectivity index (χ2v) is 7.99. The molecule has 1 aliphatic heterocycles. The number of anilines is 2. The summed E-state index contributed by atoms with van der Waals surface area (Å²) >= 11 is 0. The second kappa shape index (κ2) is 7.62. The molecule has 1 atom stereocenters. The van der Waals surface area contributed by atoms with Gasteiger partial charge in [0.25, 0.3) is 5.92 Å². The minimum Gasteiger partial charge on any atom is -0.382 e. The van der Waals surface area contributed by atoms with Crippen LogP contribution in [0.2, 0.25) is 0 Å². The first-order valence-corrected chi connectivity index (χ1v) is 10.2. The molecule has 5 rings (SSSR count). The van der Waals surface area contributed by atoms with E-state index in [0.29, 0.717) is 34.5 Å². The lowest BCUT2D eigenvalue weighted by molar-refractivity contribution is -0.0675. The predicted molar refractivity (Wildman–Crippen MR) is 114 cm³/mol. The highest BCUT2D eigenvalue weighted by atomic mass is 19.3. The summed E-state index contributed by atoms with van der Waals surface area (Å²) in [5.41, 5.74) is 9.19. The summed E-state index contributed by atoms with van der Waals surface area (Å²) in [5.74, 6) is -2.74. The summed E-state index contributed by atoms with van der Waals surface area (Å²) in [4.78, 5) is 14.7. The Morgan fingerprint density at radius 2 is 2.09 bits per heavy atom. The van der Waals surface area contributed by atoms with Crippen molar-refractivity contribution in [2.24, 2.45) is 0 Å². The van der Waals surface area contributed by atoms with Gasteiger partial charge in [-0.15, -0.1) is 5.10 Å². The molecule has 168 valence electrons. The van der Waals surface area contributed by atoms with Gasteiger partial charge < -0.3 is 20.5 Å². The summed E-state index contributed by atoms with van der Waals surface area (Å²) in [5, 5.41) is 7.09. The van der Waals surface area contributed by atoms with E-state index >= 15 is 0 Å². The van der Waals surface area contributed by atoms with E-state index in [1.165, 1.54) is 4.52 Å². The molecule has 4 aromatic rings. The molecule has 0 aromatic carbocycles. The highest BCUT2D eigenvalue weighted by molar-refractivity contribution is 5.88. The van der Waals surface area contributed by atoms with Gasteiger partial charge in [0.15, 0.2) is 11.5 Å².